The Morgan fingerprint density at radius 3 is 2.44 bits per heavy atom. The quantitative estimate of drug-likeness (QED) is 0.269. The Morgan fingerprint density at radius 2 is 1.71 bits per heavy atom. The molecule has 0 bridgehead atoms. The fraction of sp³-hybridized carbons (Fsp3) is 0.185. The first kappa shape index (κ1) is 23.6. The summed E-state index contributed by atoms with van der Waals surface area (Å²) in [4.78, 5) is 18.3. The van der Waals surface area contributed by atoms with Crippen LogP contribution >= 0.6 is 11.9 Å². The fourth-order valence-electron chi connectivity index (χ4n) is 3.69. The molecule has 1 aliphatic heterocycles. The zero-order valence-corrected chi connectivity index (χ0v) is 20.1. The predicted molar refractivity (Wildman–Crippen MR) is 141 cm³/mol. The molecule has 6 nitrogen and oxygen atoms in total. The van der Waals surface area contributed by atoms with Gasteiger partial charge >= 0.3 is 0 Å². The SMILES string of the molecule is COc1ccccc1NC1CN(C)C1.O=Cc1ccc(SNc2cccc3cccnc23)cc1. The summed E-state index contributed by atoms with van der Waals surface area (Å²) >= 11 is 1.50. The average molecular weight is 473 g/mol. The normalized spacial score (nSPS) is 13.4. The van der Waals surface area contributed by atoms with Gasteiger partial charge in [0, 0.05) is 35.1 Å². The first-order chi connectivity index (χ1) is 16.7. The van der Waals surface area contributed by atoms with Gasteiger partial charge in [-0.1, -0.05) is 42.5 Å². The van der Waals surface area contributed by atoms with Gasteiger partial charge in [-0.3, -0.25) is 9.78 Å². The maximum Gasteiger partial charge on any atom is 0.150 e. The molecule has 0 radical (unpaired) electrons. The third-order valence-corrected chi connectivity index (χ3v) is 6.29. The van der Waals surface area contributed by atoms with Gasteiger partial charge < -0.3 is 19.7 Å². The number of benzene rings is 3. The van der Waals surface area contributed by atoms with Gasteiger partial charge in [0.1, 0.15) is 12.0 Å². The molecule has 4 aromatic rings. The second-order valence-corrected chi connectivity index (χ2v) is 8.91. The summed E-state index contributed by atoms with van der Waals surface area (Å²) in [6.07, 6.45) is 2.63. The van der Waals surface area contributed by atoms with Gasteiger partial charge in [-0.15, -0.1) is 0 Å². The molecule has 1 fully saturated rings. The molecule has 0 spiro atoms. The summed E-state index contributed by atoms with van der Waals surface area (Å²) in [6.45, 7) is 2.22. The number of carbonyl (C=O) groups is 1. The van der Waals surface area contributed by atoms with Gasteiger partial charge in [-0.25, -0.2) is 0 Å². The summed E-state index contributed by atoms with van der Waals surface area (Å²) in [5.41, 5.74) is 3.70. The number of carbonyl (C=O) groups excluding carboxylic acids is 1. The second kappa shape index (κ2) is 11.5. The predicted octanol–water partition coefficient (Wildman–Crippen LogP) is 5.59. The highest BCUT2D eigenvalue weighted by atomic mass is 32.2. The Kier molecular flexibility index (Phi) is 8.01. The largest absolute Gasteiger partial charge is 0.495 e. The van der Waals surface area contributed by atoms with E-state index in [9.17, 15) is 4.79 Å². The third-order valence-electron chi connectivity index (χ3n) is 5.46. The van der Waals surface area contributed by atoms with Gasteiger partial charge in [0.25, 0.3) is 0 Å². The Labute approximate surface area is 204 Å². The maximum absolute atomic E-state index is 10.6. The lowest BCUT2D eigenvalue weighted by molar-refractivity contribution is 0.112. The highest BCUT2D eigenvalue weighted by Gasteiger charge is 2.23. The number of aldehydes is 1. The van der Waals surface area contributed by atoms with E-state index < -0.39 is 0 Å². The average Bonchev–Trinajstić information content (AvgIpc) is 2.87. The van der Waals surface area contributed by atoms with Crippen molar-refractivity contribution < 1.29 is 9.53 Å². The standard InChI is InChI=1S/C16H12N2OS.C11H16N2O/c19-11-12-6-8-14(9-7-12)20-18-15-5-1-3-13-4-2-10-17-16(13)15;1-13-7-9(8-13)12-10-5-3-4-6-11(10)14-2/h1-11,18H;3-6,9,12H,7-8H2,1-2H3. The van der Waals surface area contributed by atoms with Crippen LogP contribution in [-0.2, 0) is 0 Å². The molecule has 0 amide bonds. The maximum atomic E-state index is 10.6. The van der Waals surface area contributed by atoms with E-state index in [2.05, 4.69) is 33.0 Å². The highest BCUT2D eigenvalue weighted by molar-refractivity contribution is 8.00. The lowest BCUT2D eigenvalue weighted by Gasteiger charge is -2.37. The molecule has 3 aromatic carbocycles. The Morgan fingerprint density at radius 1 is 0.971 bits per heavy atom. The van der Waals surface area contributed by atoms with E-state index in [1.807, 2.05) is 60.7 Å². The molecule has 2 heterocycles. The van der Waals surface area contributed by atoms with Crippen molar-refractivity contribution >= 4 is 40.5 Å². The van der Waals surface area contributed by atoms with E-state index in [1.165, 1.54) is 11.9 Å². The summed E-state index contributed by atoms with van der Waals surface area (Å²) in [5, 5.41) is 4.57. The number of aromatic nitrogens is 1. The number of hydrogen-bond acceptors (Lipinski definition) is 7. The van der Waals surface area contributed by atoms with Crippen LogP contribution in [0.5, 0.6) is 5.75 Å². The fourth-order valence-corrected chi connectivity index (χ4v) is 4.35. The first-order valence-corrected chi connectivity index (χ1v) is 11.9. The topological polar surface area (TPSA) is 66.5 Å². The number of nitrogens with zero attached hydrogens (tertiary/aromatic N) is 2. The molecule has 5 rings (SSSR count). The molecule has 1 saturated heterocycles. The zero-order chi connectivity index (χ0) is 23.8. The molecular weight excluding hydrogens is 444 g/mol. The van der Waals surface area contributed by atoms with Crippen LogP contribution in [-0.4, -0.2) is 49.5 Å². The number of para-hydroxylation sites is 3. The van der Waals surface area contributed by atoms with Gasteiger partial charge in [0.15, 0.2) is 0 Å². The highest BCUT2D eigenvalue weighted by Crippen LogP contribution is 2.27. The molecule has 34 heavy (non-hydrogen) atoms. The second-order valence-electron chi connectivity index (χ2n) is 8.03. The molecule has 7 heteroatoms. The van der Waals surface area contributed by atoms with Crippen molar-refractivity contribution in [3.8, 4) is 5.75 Å². The number of likely N-dealkylation sites (N-methyl/N-ethyl adjacent to an activating group) is 1. The van der Waals surface area contributed by atoms with E-state index in [0.717, 1.165) is 52.3 Å². The lowest BCUT2D eigenvalue weighted by atomic mass is 10.1. The molecule has 174 valence electrons. The van der Waals surface area contributed by atoms with Crippen LogP contribution in [0.3, 0.4) is 0 Å². The minimum atomic E-state index is 0.566. The van der Waals surface area contributed by atoms with E-state index >= 15 is 0 Å². The van der Waals surface area contributed by atoms with Crippen molar-refractivity contribution in [2.75, 3.05) is 37.3 Å². The van der Waals surface area contributed by atoms with Crippen LogP contribution < -0.4 is 14.8 Å². The van der Waals surface area contributed by atoms with Crippen molar-refractivity contribution in [3.63, 3.8) is 0 Å². The Bertz CT molecular complexity index is 1220. The van der Waals surface area contributed by atoms with Crippen LogP contribution in [0.2, 0.25) is 0 Å². The van der Waals surface area contributed by atoms with Crippen LogP contribution in [0.15, 0.2) is 90.0 Å². The Hall–Kier alpha value is -3.55. The number of methoxy groups -OCH3 is 1. The molecule has 1 aliphatic rings. The van der Waals surface area contributed by atoms with Crippen molar-refractivity contribution in [1.82, 2.24) is 9.88 Å². The molecular formula is C27H28N4O2S. The van der Waals surface area contributed by atoms with Crippen LogP contribution in [0.25, 0.3) is 10.9 Å². The van der Waals surface area contributed by atoms with Crippen molar-refractivity contribution in [2.24, 2.45) is 0 Å². The number of pyridine rings is 1. The van der Waals surface area contributed by atoms with Crippen LogP contribution in [0.4, 0.5) is 11.4 Å². The van der Waals surface area contributed by atoms with E-state index in [-0.39, 0.29) is 0 Å². The monoisotopic (exact) mass is 472 g/mol. The van der Waals surface area contributed by atoms with Crippen LogP contribution in [0, 0.1) is 0 Å². The van der Waals surface area contributed by atoms with Gasteiger partial charge in [-0.2, -0.15) is 0 Å². The number of likely N-dealkylation sites (tertiary alicyclic amines) is 1. The number of hydrogen-bond donors (Lipinski definition) is 2. The van der Waals surface area contributed by atoms with Crippen molar-refractivity contribution in [1.29, 1.82) is 0 Å². The van der Waals surface area contributed by atoms with E-state index in [0.29, 0.717) is 11.6 Å². The summed E-state index contributed by atoms with van der Waals surface area (Å²) < 4.78 is 8.57. The van der Waals surface area contributed by atoms with Gasteiger partial charge in [0.05, 0.1) is 30.0 Å². The van der Waals surface area contributed by atoms with Gasteiger partial charge in [0.2, 0.25) is 0 Å². The smallest absolute Gasteiger partial charge is 0.150 e. The van der Waals surface area contributed by atoms with Gasteiger partial charge in [-0.05, 0) is 55.4 Å². The summed E-state index contributed by atoms with van der Waals surface area (Å²) in [6, 6.07) is 26.1. The minimum Gasteiger partial charge on any atom is -0.495 e. The molecule has 0 atom stereocenters. The summed E-state index contributed by atoms with van der Waals surface area (Å²) in [7, 11) is 3.83. The molecule has 1 aromatic heterocycles. The Balaban J connectivity index is 0.000000172. The van der Waals surface area contributed by atoms with Crippen molar-refractivity contribution in [3.05, 3.63) is 90.6 Å². The number of fused-ring (bicyclic) bond motifs is 1. The van der Waals surface area contributed by atoms with E-state index in [4.69, 9.17) is 4.74 Å². The lowest BCUT2D eigenvalue weighted by Crippen LogP contribution is -2.52. The molecule has 2 N–H and O–H groups in total. The van der Waals surface area contributed by atoms with Crippen molar-refractivity contribution in [2.45, 2.75) is 10.9 Å². The minimum absolute atomic E-state index is 0.566. The number of ether oxygens (including phenoxy) is 1. The molecule has 0 saturated carbocycles. The number of anilines is 2. The third kappa shape index (κ3) is 6.07. The first-order valence-electron chi connectivity index (χ1n) is 11.1. The summed E-state index contributed by atoms with van der Waals surface area (Å²) in [5.74, 6) is 0.919. The number of nitrogens with one attached hydrogen (secondary N) is 2. The molecule has 0 aliphatic carbocycles. The number of rotatable bonds is 7. The van der Waals surface area contributed by atoms with E-state index in [1.54, 1.807) is 25.4 Å². The van der Waals surface area contributed by atoms with Crippen LogP contribution in [0.1, 0.15) is 10.4 Å². The zero-order valence-electron chi connectivity index (χ0n) is 19.3. The molecule has 0 unspecified atom stereocenters.